The maximum atomic E-state index is 9.20. The Morgan fingerprint density at radius 3 is 2.94 bits per heavy atom. The van der Waals surface area contributed by atoms with Gasteiger partial charge >= 0.3 is 0 Å². The molecule has 3 nitrogen and oxygen atoms in total. The Balaban J connectivity index is 2.56. The van der Waals surface area contributed by atoms with Gasteiger partial charge in [0.25, 0.3) is 0 Å². The molecule has 0 saturated heterocycles. The lowest BCUT2D eigenvalue weighted by atomic mass is 10.1. The summed E-state index contributed by atoms with van der Waals surface area (Å²) >= 11 is 3.39. The second-order valence-electron chi connectivity index (χ2n) is 3.66. The van der Waals surface area contributed by atoms with Gasteiger partial charge in [0.15, 0.2) is 0 Å². The van der Waals surface area contributed by atoms with Gasteiger partial charge in [-0.2, -0.15) is 5.26 Å². The summed E-state index contributed by atoms with van der Waals surface area (Å²) in [6, 6.07) is 8.13. The molecule has 0 aliphatic rings. The Labute approximate surface area is 109 Å². The Morgan fingerprint density at radius 2 is 2.29 bits per heavy atom. The highest BCUT2D eigenvalue weighted by Crippen LogP contribution is 2.19. The van der Waals surface area contributed by atoms with E-state index in [2.05, 4.69) is 33.9 Å². The Bertz CT molecular complexity index is 566. The smallest absolute Gasteiger partial charge is 0.112 e. The molecule has 1 heterocycles. The van der Waals surface area contributed by atoms with Crippen LogP contribution in [0.25, 0.3) is 5.69 Å². The molecular weight excluding hydrogens is 278 g/mol. The van der Waals surface area contributed by atoms with Gasteiger partial charge in [-0.1, -0.05) is 28.9 Å². The van der Waals surface area contributed by atoms with Gasteiger partial charge in [0.05, 0.1) is 11.3 Å². The normalized spacial score (nSPS) is 10.2. The first-order valence-corrected chi connectivity index (χ1v) is 6.54. The molecule has 1 aromatic heterocycles. The predicted octanol–water partition coefficient (Wildman–Crippen LogP) is 3.20. The van der Waals surface area contributed by atoms with Crippen molar-refractivity contribution < 1.29 is 0 Å². The van der Waals surface area contributed by atoms with E-state index in [4.69, 9.17) is 0 Å². The molecule has 0 aliphatic carbocycles. The minimum absolute atomic E-state index is 0.676. The van der Waals surface area contributed by atoms with Crippen LogP contribution in [-0.2, 0) is 11.8 Å². The van der Waals surface area contributed by atoms with E-state index in [0.29, 0.717) is 5.56 Å². The second kappa shape index (κ2) is 5.15. The molecule has 0 saturated carbocycles. The van der Waals surface area contributed by atoms with Crippen molar-refractivity contribution >= 4 is 15.9 Å². The summed E-state index contributed by atoms with van der Waals surface area (Å²) in [6.45, 7) is 2.05. The quantitative estimate of drug-likeness (QED) is 0.814. The maximum Gasteiger partial charge on any atom is 0.112 e. The third-order valence-corrected chi connectivity index (χ3v) is 3.28. The minimum atomic E-state index is 0.676. The van der Waals surface area contributed by atoms with Crippen molar-refractivity contribution in [1.29, 1.82) is 5.26 Å². The molecule has 0 radical (unpaired) electrons. The van der Waals surface area contributed by atoms with E-state index in [1.54, 1.807) is 6.20 Å². The highest BCUT2D eigenvalue weighted by Gasteiger charge is 2.08. The standard InChI is InChI=1S/C13H12BrN3/c1-2-13-16-5-6-17(13)12-4-3-10(8-14)7-11(12)9-15/h3-7H,2,8H2,1H3. The summed E-state index contributed by atoms with van der Waals surface area (Å²) in [7, 11) is 0. The first-order chi connectivity index (χ1) is 8.30. The van der Waals surface area contributed by atoms with Crippen LogP contribution in [0.15, 0.2) is 30.6 Å². The van der Waals surface area contributed by atoms with Crippen LogP contribution in [0.5, 0.6) is 0 Å². The summed E-state index contributed by atoms with van der Waals surface area (Å²) in [5, 5.41) is 9.96. The van der Waals surface area contributed by atoms with Crippen LogP contribution in [0.4, 0.5) is 0 Å². The predicted molar refractivity (Wildman–Crippen MR) is 70.3 cm³/mol. The van der Waals surface area contributed by atoms with E-state index in [1.165, 1.54) is 0 Å². The van der Waals surface area contributed by atoms with Crippen molar-refractivity contribution in [2.45, 2.75) is 18.7 Å². The van der Waals surface area contributed by atoms with Crippen LogP contribution in [0.2, 0.25) is 0 Å². The molecule has 2 aromatic rings. The van der Waals surface area contributed by atoms with Gasteiger partial charge in [-0.25, -0.2) is 4.98 Å². The van der Waals surface area contributed by atoms with Gasteiger partial charge in [-0.05, 0) is 17.7 Å². The molecule has 0 spiro atoms. The summed E-state index contributed by atoms with van der Waals surface area (Å²) < 4.78 is 1.97. The number of nitriles is 1. The lowest BCUT2D eigenvalue weighted by molar-refractivity contribution is 0.889. The van der Waals surface area contributed by atoms with Gasteiger partial charge in [0.2, 0.25) is 0 Å². The van der Waals surface area contributed by atoms with Crippen LogP contribution >= 0.6 is 15.9 Å². The minimum Gasteiger partial charge on any atom is -0.302 e. The zero-order valence-corrected chi connectivity index (χ0v) is 11.1. The van der Waals surface area contributed by atoms with E-state index < -0.39 is 0 Å². The Hall–Kier alpha value is -1.60. The lowest BCUT2D eigenvalue weighted by Crippen LogP contribution is -2.02. The molecule has 0 atom stereocenters. The molecule has 4 heteroatoms. The van der Waals surface area contributed by atoms with E-state index in [0.717, 1.165) is 28.8 Å². The van der Waals surface area contributed by atoms with Crippen molar-refractivity contribution in [2.24, 2.45) is 0 Å². The van der Waals surface area contributed by atoms with Crippen LogP contribution in [0, 0.1) is 11.3 Å². The van der Waals surface area contributed by atoms with Crippen molar-refractivity contribution in [3.05, 3.63) is 47.5 Å². The second-order valence-corrected chi connectivity index (χ2v) is 4.22. The van der Waals surface area contributed by atoms with Gasteiger partial charge in [0.1, 0.15) is 11.9 Å². The number of benzene rings is 1. The average Bonchev–Trinajstić information content (AvgIpc) is 2.85. The monoisotopic (exact) mass is 289 g/mol. The number of aryl methyl sites for hydroxylation is 1. The molecule has 0 N–H and O–H groups in total. The Kier molecular flexibility index (Phi) is 3.60. The fraction of sp³-hybridized carbons (Fsp3) is 0.231. The summed E-state index contributed by atoms with van der Waals surface area (Å²) in [5.74, 6) is 0.966. The van der Waals surface area contributed by atoms with Crippen LogP contribution in [0.3, 0.4) is 0 Å². The lowest BCUT2D eigenvalue weighted by Gasteiger charge is -2.09. The van der Waals surface area contributed by atoms with E-state index in [9.17, 15) is 5.26 Å². The highest BCUT2D eigenvalue weighted by molar-refractivity contribution is 9.08. The first-order valence-electron chi connectivity index (χ1n) is 5.41. The van der Waals surface area contributed by atoms with E-state index in [-0.39, 0.29) is 0 Å². The van der Waals surface area contributed by atoms with Crippen LogP contribution in [0.1, 0.15) is 23.9 Å². The van der Waals surface area contributed by atoms with Crippen molar-refractivity contribution in [1.82, 2.24) is 9.55 Å². The zero-order valence-electron chi connectivity index (χ0n) is 9.52. The van der Waals surface area contributed by atoms with Gasteiger partial charge in [0, 0.05) is 24.1 Å². The number of hydrogen-bond acceptors (Lipinski definition) is 2. The van der Waals surface area contributed by atoms with Crippen LogP contribution < -0.4 is 0 Å². The van der Waals surface area contributed by atoms with Gasteiger partial charge < -0.3 is 4.57 Å². The fourth-order valence-corrected chi connectivity index (χ4v) is 2.13. The average molecular weight is 290 g/mol. The molecule has 1 aromatic carbocycles. The van der Waals surface area contributed by atoms with Crippen molar-refractivity contribution in [2.75, 3.05) is 0 Å². The number of hydrogen-bond donors (Lipinski definition) is 0. The van der Waals surface area contributed by atoms with Gasteiger partial charge in [-0.15, -0.1) is 0 Å². The third-order valence-electron chi connectivity index (χ3n) is 2.63. The van der Waals surface area contributed by atoms with E-state index in [1.807, 2.05) is 29.0 Å². The molecule has 0 bridgehead atoms. The molecule has 0 amide bonds. The summed E-state index contributed by atoms with van der Waals surface area (Å²) in [4.78, 5) is 4.27. The van der Waals surface area contributed by atoms with Crippen molar-refractivity contribution in [3.8, 4) is 11.8 Å². The Morgan fingerprint density at radius 1 is 1.47 bits per heavy atom. The summed E-state index contributed by atoms with van der Waals surface area (Å²) in [5.41, 5.74) is 2.67. The number of nitrogens with zero attached hydrogens (tertiary/aromatic N) is 3. The number of alkyl halides is 1. The highest BCUT2D eigenvalue weighted by atomic mass is 79.9. The molecular formula is C13H12BrN3. The number of imidazole rings is 1. The van der Waals surface area contributed by atoms with Crippen molar-refractivity contribution in [3.63, 3.8) is 0 Å². The summed E-state index contributed by atoms with van der Waals surface area (Å²) in [6.07, 6.45) is 4.50. The zero-order chi connectivity index (χ0) is 12.3. The molecule has 0 aliphatic heterocycles. The molecule has 2 rings (SSSR count). The molecule has 17 heavy (non-hydrogen) atoms. The van der Waals surface area contributed by atoms with Gasteiger partial charge in [-0.3, -0.25) is 0 Å². The van der Waals surface area contributed by atoms with E-state index >= 15 is 0 Å². The number of halogens is 1. The molecule has 86 valence electrons. The first kappa shape index (κ1) is 11.9. The fourth-order valence-electron chi connectivity index (χ4n) is 1.78. The molecule has 0 unspecified atom stereocenters. The SMILES string of the molecule is CCc1nccn1-c1ccc(CBr)cc1C#N. The number of aromatic nitrogens is 2. The number of rotatable bonds is 3. The third kappa shape index (κ3) is 2.25. The topological polar surface area (TPSA) is 41.6 Å². The maximum absolute atomic E-state index is 9.20. The van der Waals surface area contributed by atoms with Crippen LogP contribution in [-0.4, -0.2) is 9.55 Å². The molecule has 0 fully saturated rings. The largest absolute Gasteiger partial charge is 0.302 e.